The Kier molecular flexibility index (Phi) is 5.71. The number of halogens is 1. The van der Waals surface area contributed by atoms with E-state index >= 15 is 0 Å². The van der Waals surface area contributed by atoms with E-state index in [-0.39, 0.29) is 11.7 Å². The molecule has 1 aliphatic heterocycles. The maximum absolute atomic E-state index is 13.7. The van der Waals surface area contributed by atoms with Gasteiger partial charge in [-0.1, -0.05) is 42.1 Å². The molecule has 0 radical (unpaired) electrons. The number of thioether (sulfide) groups is 1. The maximum Gasteiger partial charge on any atom is 0.233 e. The summed E-state index contributed by atoms with van der Waals surface area (Å²) in [5, 5.41) is 9.21. The molecule has 0 bridgehead atoms. The van der Waals surface area contributed by atoms with Crippen LogP contribution in [0.15, 0.2) is 59.8 Å². The Morgan fingerprint density at radius 3 is 2.54 bits per heavy atom. The van der Waals surface area contributed by atoms with Crippen molar-refractivity contribution in [1.82, 2.24) is 19.7 Å². The Labute approximate surface area is 167 Å². The number of hydrogen-bond donors (Lipinski definition) is 0. The molecule has 144 valence electrons. The van der Waals surface area contributed by atoms with E-state index in [1.807, 2.05) is 39.8 Å². The number of carbonyl (C=O) groups is 1. The van der Waals surface area contributed by atoms with E-state index in [1.54, 1.807) is 12.1 Å². The van der Waals surface area contributed by atoms with E-state index in [4.69, 9.17) is 0 Å². The summed E-state index contributed by atoms with van der Waals surface area (Å²) in [6.07, 6.45) is 3.33. The molecular weight excluding hydrogens is 375 g/mol. The Bertz CT molecular complexity index is 954. The molecule has 28 heavy (non-hydrogen) atoms. The second-order valence-electron chi connectivity index (χ2n) is 6.72. The first-order chi connectivity index (χ1) is 13.7. The predicted molar refractivity (Wildman–Crippen MR) is 108 cm³/mol. The zero-order valence-corrected chi connectivity index (χ0v) is 16.2. The fraction of sp³-hybridized carbons (Fsp3) is 0.286. The van der Waals surface area contributed by atoms with Crippen molar-refractivity contribution in [1.29, 1.82) is 0 Å². The third kappa shape index (κ3) is 4.09. The van der Waals surface area contributed by atoms with Crippen LogP contribution in [0, 0.1) is 5.82 Å². The molecule has 2 aromatic carbocycles. The highest BCUT2D eigenvalue weighted by molar-refractivity contribution is 7.99. The van der Waals surface area contributed by atoms with Crippen LogP contribution in [-0.2, 0) is 4.79 Å². The number of benzene rings is 2. The van der Waals surface area contributed by atoms with Gasteiger partial charge >= 0.3 is 0 Å². The van der Waals surface area contributed by atoms with E-state index in [0.717, 1.165) is 31.6 Å². The number of likely N-dealkylation sites (tertiary alicyclic amines) is 1. The number of aromatic nitrogens is 3. The van der Waals surface area contributed by atoms with Crippen LogP contribution in [0.5, 0.6) is 0 Å². The SMILES string of the molecule is O=C(CSc1nnc(-c2cccc(F)c2)n1-c1ccccc1)N1CCCCC1. The highest BCUT2D eigenvalue weighted by Gasteiger charge is 2.20. The molecule has 0 atom stereocenters. The van der Waals surface area contributed by atoms with Crippen molar-refractivity contribution in [2.24, 2.45) is 0 Å². The van der Waals surface area contributed by atoms with Crippen LogP contribution in [0.25, 0.3) is 17.1 Å². The molecule has 1 fully saturated rings. The lowest BCUT2D eigenvalue weighted by molar-refractivity contribution is -0.129. The van der Waals surface area contributed by atoms with E-state index in [2.05, 4.69) is 10.2 Å². The smallest absolute Gasteiger partial charge is 0.233 e. The Hall–Kier alpha value is -2.67. The number of nitrogens with zero attached hydrogens (tertiary/aromatic N) is 4. The van der Waals surface area contributed by atoms with Crippen molar-refractivity contribution in [3.63, 3.8) is 0 Å². The van der Waals surface area contributed by atoms with Crippen molar-refractivity contribution < 1.29 is 9.18 Å². The van der Waals surface area contributed by atoms with Gasteiger partial charge in [-0.3, -0.25) is 9.36 Å². The number of para-hydroxylation sites is 1. The van der Waals surface area contributed by atoms with Crippen molar-refractivity contribution >= 4 is 17.7 Å². The summed E-state index contributed by atoms with van der Waals surface area (Å²) in [6.45, 7) is 1.67. The molecule has 1 aliphatic rings. The van der Waals surface area contributed by atoms with Gasteiger partial charge in [0.05, 0.1) is 5.75 Å². The molecule has 4 rings (SSSR count). The van der Waals surface area contributed by atoms with E-state index in [0.29, 0.717) is 22.3 Å². The molecule has 2 heterocycles. The quantitative estimate of drug-likeness (QED) is 0.607. The summed E-state index contributed by atoms with van der Waals surface area (Å²) in [5.74, 6) is 0.668. The Morgan fingerprint density at radius 1 is 1.00 bits per heavy atom. The second-order valence-corrected chi connectivity index (χ2v) is 7.66. The van der Waals surface area contributed by atoms with Gasteiger partial charge in [0.2, 0.25) is 5.91 Å². The van der Waals surface area contributed by atoms with Crippen LogP contribution in [0.3, 0.4) is 0 Å². The van der Waals surface area contributed by atoms with Gasteiger partial charge in [0, 0.05) is 24.3 Å². The Morgan fingerprint density at radius 2 is 1.79 bits per heavy atom. The van der Waals surface area contributed by atoms with Gasteiger partial charge in [0.15, 0.2) is 11.0 Å². The molecule has 0 N–H and O–H groups in total. The van der Waals surface area contributed by atoms with Gasteiger partial charge in [-0.25, -0.2) is 4.39 Å². The molecule has 3 aromatic rings. The minimum absolute atomic E-state index is 0.125. The second kappa shape index (κ2) is 8.56. The predicted octanol–water partition coefficient (Wildman–Crippen LogP) is 4.18. The van der Waals surface area contributed by atoms with Crippen molar-refractivity contribution in [2.75, 3.05) is 18.8 Å². The summed E-state index contributed by atoms with van der Waals surface area (Å²) < 4.78 is 15.6. The number of rotatable bonds is 5. The number of amides is 1. The van der Waals surface area contributed by atoms with Gasteiger partial charge in [-0.2, -0.15) is 0 Å². The van der Waals surface area contributed by atoms with Gasteiger partial charge < -0.3 is 4.90 Å². The van der Waals surface area contributed by atoms with E-state index in [9.17, 15) is 9.18 Å². The molecular formula is C21H21FN4OS. The first-order valence-corrected chi connectivity index (χ1v) is 10.4. The van der Waals surface area contributed by atoms with Crippen molar-refractivity contribution in [3.05, 3.63) is 60.4 Å². The van der Waals surface area contributed by atoms with E-state index in [1.165, 1.54) is 30.3 Å². The van der Waals surface area contributed by atoms with Crippen molar-refractivity contribution in [2.45, 2.75) is 24.4 Å². The first kappa shape index (κ1) is 18.7. The molecule has 0 saturated carbocycles. The molecule has 1 aromatic heterocycles. The van der Waals surface area contributed by atoms with Gasteiger partial charge in [-0.05, 0) is 43.5 Å². The third-order valence-electron chi connectivity index (χ3n) is 4.76. The summed E-state index contributed by atoms with van der Waals surface area (Å²) >= 11 is 1.37. The summed E-state index contributed by atoms with van der Waals surface area (Å²) in [4.78, 5) is 14.5. The monoisotopic (exact) mass is 396 g/mol. The molecule has 1 amide bonds. The average Bonchev–Trinajstić information content (AvgIpc) is 3.17. The van der Waals surface area contributed by atoms with Gasteiger partial charge in [0.1, 0.15) is 5.82 Å². The minimum Gasteiger partial charge on any atom is -0.342 e. The molecule has 0 unspecified atom stereocenters. The summed E-state index contributed by atoms with van der Waals surface area (Å²) in [5.41, 5.74) is 1.52. The maximum atomic E-state index is 13.7. The zero-order valence-electron chi connectivity index (χ0n) is 15.4. The lowest BCUT2D eigenvalue weighted by Crippen LogP contribution is -2.36. The Balaban J connectivity index is 1.63. The summed E-state index contributed by atoms with van der Waals surface area (Å²) in [6, 6.07) is 16.0. The molecule has 0 spiro atoms. The fourth-order valence-electron chi connectivity index (χ4n) is 3.35. The van der Waals surface area contributed by atoms with Crippen molar-refractivity contribution in [3.8, 4) is 17.1 Å². The highest BCUT2D eigenvalue weighted by Crippen LogP contribution is 2.28. The largest absolute Gasteiger partial charge is 0.342 e. The normalized spacial score (nSPS) is 14.2. The third-order valence-corrected chi connectivity index (χ3v) is 5.68. The zero-order chi connectivity index (χ0) is 19.3. The molecule has 1 saturated heterocycles. The average molecular weight is 396 g/mol. The lowest BCUT2D eigenvalue weighted by Gasteiger charge is -2.26. The summed E-state index contributed by atoms with van der Waals surface area (Å²) in [7, 11) is 0. The fourth-order valence-corrected chi connectivity index (χ4v) is 4.20. The van der Waals surface area contributed by atoms with Gasteiger partial charge in [0.25, 0.3) is 0 Å². The molecule has 7 heteroatoms. The molecule has 0 aliphatic carbocycles. The lowest BCUT2D eigenvalue weighted by atomic mass is 10.1. The highest BCUT2D eigenvalue weighted by atomic mass is 32.2. The van der Waals surface area contributed by atoms with Crippen LogP contribution in [0.2, 0.25) is 0 Å². The van der Waals surface area contributed by atoms with E-state index < -0.39 is 0 Å². The molecule has 5 nitrogen and oxygen atoms in total. The number of piperidine rings is 1. The van der Waals surface area contributed by atoms with Crippen LogP contribution in [-0.4, -0.2) is 44.4 Å². The van der Waals surface area contributed by atoms with Crippen LogP contribution >= 0.6 is 11.8 Å². The number of carbonyl (C=O) groups excluding carboxylic acids is 1. The van der Waals surface area contributed by atoms with Crippen LogP contribution in [0.4, 0.5) is 4.39 Å². The number of hydrogen-bond acceptors (Lipinski definition) is 4. The van der Waals surface area contributed by atoms with Crippen LogP contribution < -0.4 is 0 Å². The van der Waals surface area contributed by atoms with Gasteiger partial charge in [-0.15, -0.1) is 10.2 Å². The van der Waals surface area contributed by atoms with Crippen LogP contribution in [0.1, 0.15) is 19.3 Å². The standard InChI is InChI=1S/C21H21FN4OS/c22-17-9-7-8-16(14-17)20-23-24-21(26(20)18-10-3-1-4-11-18)28-15-19(27)25-12-5-2-6-13-25/h1,3-4,7-11,14H,2,5-6,12-13,15H2. The minimum atomic E-state index is -0.324. The topological polar surface area (TPSA) is 51.0 Å². The first-order valence-electron chi connectivity index (χ1n) is 9.40.